The molecule has 3 nitrogen and oxygen atoms in total. The maximum absolute atomic E-state index is 11.9. The third kappa shape index (κ3) is 7.01. The number of halogens is 4. The lowest BCUT2D eigenvalue weighted by molar-refractivity contribution is -0.144. The molecule has 1 amide bonds. The van der Waals surface area contributed by atoms with E-state index in [1.807, 2.05) is 0 Å². The summed E-state index contributed by atoms with van der Waals surface area (Å²) in [6.07, 6.45) is -3.66. The number of piperidine rings is 1. The van der Waals surface area contributed by atoms with Crippen LogP contribution in [-0.4, -0.2) is 31.2 Å². The molecule has 0 aromatic rings. The molecular weight excluding hydrogens is 281 g/mol. The zero-order valence-corrected chi connectivity index (χ0v) is 12.1. The van der Waals surface area contributed by atoms with Crippen LogP contribution in [0.25, 0.3) is 0 Å². The average molecular weight is 303 g/mol. The molecule has 0 aromatic heterocycles. The van der Waals surface area contributed by atoms with Gasteiger partial charge in [-0.1, -0.05) is 13.8 Å². The summed E-state index contributed by atoms with van der Waals surface area (Å²) in [7, 11) is 0. The van der Waals surface area contributed by atoms with Crippen LogP contribution in [0.5, 0.6) is 0 Å². The zero-order chi connectivity index (χ0) is 13.8. The van der Waals surface area contributed by atoms with Crippen LogP contribution in [0.3, 0.4) is 0 Å². The van der Waals surface area contributed by atoms with Gasteiger partial charge in [-0.3, -0.25) is 4.79 Å². The molecule has 1 saturated heterocycles. The van der Waals surface area contributed by atoms with Gasteiger partial charge in [0.2, 0.25) is 5.91 Å². The summed E-state index contributed by atoms with van der Waals surface area (Å²) < 4.78 is 35.8. The predicted molar refractivity (Wildman–Crippen MR) is 70.4 cm³/mol. The molecule has 1 fully saturated rings. The molecule has 19 heavy (non-hydrogen) atoms. The second-order valence-electron chi connectivity index (χ2n) is 5.52. The van der Waals surface area contributed by atoms with Gasteiger partial charge in [-0.25, -0.2) is 0 Å². The highest BCUT2D eigenvalue weighted by atomic mass is 35.5. The van der Waals surface area contributed by atoms with Crippen molar-refractivity contribution >= 4 is 18.3 Å². The summed E-state index contributed by atoms with van der Waals surface area (Å²) in [4.78, 5) is 11.3. The van der Waals surface area contributed by atoms with Crippen molar-refractivity contribution in [2.75, 3.05) is 13.1 Å². The van der Waals surface area contributed by atoms with Crippen molar-refractivity contribution in [2.45, 2.75) is 51.7 Å². The van der Waals surface area contributed by atoms with E-state index >= 15 is 0 Å². The summed E-state index contributed by atoms with van der Waals surface area (Å²) in [6, 6.07) is 0.126. The number of carbonyl (C=O) groups is 1. The van der Waals surface area contributed by atoms with Crippen LogP contribution >= 0.6 is 12.4 Å². The Morgan fingerprint density at radius 3 is 2.58 bits per heavy atom. The molecular formula is C12H22ClF3N2O. The van der Waals surface area contributed by atoms with E-state index in [9.17, 15) is 18.0 Å². The van der Waals surface area contributed by atoms with Crippen LogP contribution in [0.1, 0.15) is 39.5 Å². The number of carbonyl (C=O) groups excluding carboxylic acids is 1. The van der Waals surface area contributed by atoms with Gasteiger partial charge < -0.3 is 10.6 Å². The molecule has 1 rings (SSSR count). The molecule has 0 aromatic carbocycles. The molecule has 1 aliphatic heterocycles. The highest BCUT2D eigenvalue weighted by Gasteiger charge is 2.32. The minimum Gasteiger partial charge on any atom is -0.355 e. The van der Waals surface area contributed by atoms with Gasteiger partial charge in [0, 0.05) is 19.0 Å². The largest absolute Gasteiger partial charge is 0.389 e. The fraction of sp³-hybridized carbons (Fsp3) is 0.917. The van der Waals surface area contributed by atoms with Crippen molar-refractivity contribution in [1.82, 2.24) is 10.6 Å². The summed E-state index contributed by atoms with van der Waals surface area (Å²) in [5.41, 5.74) is 0.0650. The minimum absolute atomic E-state index is 0. The van der Waals surface area contributed by atoms with Gasteiger partial charge in [-0.05, 0) is 24.8 Å². The van der Waals surface area contributed by atoms with E-state index in [0.717, 1.165) is 19.4 Å². The molecule has 0 radical (unpaired) electrons. The highest BCUT2D eigenvalue weighted by Crippen LogP contribution is 2.29. The third-order valence-corrected chi connectivity index (χ3v) is 3.47. The van der Waals surface area contributed by atoms with Crippen molar-refractivity contribution in [3.8, 4) is 0 Å². The number of rotatable bonds is 4. The van der Waals surface area contributed by atoms with Crippen molar-refractivity contribution in [1.29, 1.82) is 0 Å². The maximum Gasteiger partial charge on any atom is 0.389 e. The van der Waals surface area contributed by atoms with Gasteiger partial charge in [0.25, 0.3) is 0 Å². The predicted octanol–water partition coefficient (Wildman–Crippen LogP) is 2.65. The number of alkyl halides is 3. The van der Waals surface area contributed by atoms with Crippen LogP contribution in [-0.2, 0) is 4.79 Å². The first-order valence-corrected chi connectivity index (χ1v) is 6.27. The van der Waals surface area contributed by atoms with E-state index in [0.29, 0.717) is 6.54 Å². The summed E-state index contributed by atoms with van der Waals surface area (Å²) in [5.74, 6) is -0.532. The van der Waals surface area contributed by atoms with E-state index in [4.69, 9.17) is 0 Å². The van der Waals surface area contributed by atoms with Gasteiger partial charge in [0.05, 0.1) is 6.42 Å². The van der Waals surface area contributed by atoms with E-state index in [1.54, 1.807) is 0 Å². The highest BCUT2D eigenvalue weighted by molar-refractivity contribution is 5.85. The Hall–Kier alpha value is -0.490. The van der Waals surface area contributed by atoms with Crippen LogP contribution in [0.4, 0.5) is 13.2 Å². The van der Waals surface area contributed by atoms with Gasteiger partial charge in [-0.2, -0.15) is 13.2 Å². The molecule has 1 aliphatic rings. The number of nitrogens with one attached hydrogen (secondary N) is 2. The summed E-state index contributed by atoms with van der Waals surface area (Å²) in [6.45, 7) is 5.49. The monoisotopic (exact) mass is 302 g/mol. The van der Waals surface area contributed by atoms with Crippen molar-refractivity contribution in [2.24, 2.45) is 5.41 Å². The van der Waals surface area contributed by atoms with Crippen molar-refractivity contribution < 1.29 is 18.0 Å². The molecule has 1 heterocycles. The molecule has 2 N–H and O–H groups in total. The SMILES string of the molecule is CC1(C)CCCNC1CNC(=O)CCC(F)(F)F.Cl. The Balaban J connectivity index is 0.00000324. The Morgan fingerprint density at radius 1 is 1.42 bits per heavy atom. The topological polar surface area (TPSA) is 41.1 Å². The van der Waals surface area contributed by atoms with Crippen molar-refractivity contribution in [3.05, 3.63) is 0 Å². The van der Waals surface area contributed by atoms with Gasteiger partial charge in [0.15, 0.2) is 0 Å². The Morgan fingerprint density at radius 2 is 2.05 bits per heavy atom. The molecule has 0 bridgehead atoms. The minimum atomic E-state index is -4.26. The lowest BCUT2D eigenvalue weighted by atomic mass is 9.77. The maximum atomic E-state index is 11.9. The molecule has 0 spiro atoms. The fourth-order valence-corrected chi connectivity index (χ4v) is 2.18. The Bertz CT molecular complexity index is 295. The fourth-order valence-electron chi connectivity index (χ4n) is 2.18. The van der Waals surface area contributed by atoms with E-state index in [-0.39, 0.29) is 23.9 Å². The normalized spacial score (nSPS) is 22.5. The third-order valence-electron chi connectivity index (χ3n) is 3.47. The van der Waals surface area contributed by atoms with E-state index in [1.165, 1.54) is 0 Å². The Labute approximate surface area is 118 Å². The lowest BCUT2D eigenvalue weighted by Crippen LogP contribution is -2.52. The zero-order valence-electron chi connectivity index (χ0n) is 11.3. The quantitative estimate of drug-likeness (QED) is 0.838. The first kappa shape index (κ1) is 18.5. The summed E-state index contributed by atoms with van der Waals surface area (Å²) >= 11 is 0. The second kappa shape index (κ2) is 7.33. The molecule has 0 aliphatic carbocycles. The summed E-state index contributed by atoms with van der Waals surface area (Å²) in [5, 5.41) is 5.88. The van der Waals surface area contributed by atoms with E-state index in [2.05, 4.69) is 24.5 Å². The smallest absolute Gasteiger partial charge is 0.355 e. The van der Waals surface area contributed by atoms with Gasteiger partial charge in [0.1, 0.15) is 0 Å². The number of hydrogen-bond acceptors (Lipinski definition) is 2. The number of hydrogen-bond donors (Lipinski definition) is 2. The van der Waals surface area contributed by atoms with Crippen molar-refractivity contribution in [3.63, 3.8) is 0 Å². The van der Waals surface area contributed by atoms with E-state index < -0.39 is 24.9 Å². The Kier molecular flexibility index (Phi) is 7.15. The lowest BCUT2D eigenvalue weighted by Gasteiger charge is -2.39. The van der Waals surface area contributed by atoms with Crippen LogP contribution < -0.4 is 10.6 Å². The standard InChI is InChI=1S/C12H21F3N2O.ClH/c1-11(2)5-3-7-16-9(11)8-17-10(18)4-6-12(13,14)15;/h9,16H,3-8H2,1-2H3,(H,17,18);1H. The molecule has 114 valence electrons. The average Bonchev–Trinajstić information content (AvgIpc) is 2.23. The molecule has 0 saturated carbocycles. The second-order valence-corrected chi connectivity index (χ2v) is 5.52. The molecule has 1 unspecified atom stereocenters. The van der Waals surface area contributed by atoms with Gasteiger partial charge in [-0.15, -0.1) is 12.4 Å². The van der Waals surface area contributed by atoms with Crippen LogP contribution in [0.2, 0.25) is 0 Å². The molecule has 1 atom stereocenters. The first-order chi connectivity index (χ1) is 8.21. The van der Waals surface area contributed by atoms with Crippen LogP contribution in [0, 0.1) is 5.41 Å². The van der Waals surface area contributed by atoms with Gasteiger partial charge >= 0.3 is 6.18 Å². The van der Waals surface area contributed by atoms with Crippen LogP contribution in [0.15, 0.2) is 0 Å². The first-order valence-electron chi connectivity index (χ1n) is 6.27. The number of amides is 1. The molecule has 7 heteroatoms.